The number of hydrogen-bond donors (Lipinski definition) is 0. The molecule has 28 heavy (non-hydrogen) atoms. The molecule has 0 aliphatic carbocycles. The van der Waals surface area contributed by atoms with Crippen LogP contribution in [0.25, 0.3) is 11.9 Å². The quantitative estimate of drug-likeness (QED) is 0.506. The van der Waals surface area contributed by atoms with Crippen LogP contribution in [0.3, 0.4) is 0 Å². The Bertz CT molecular complexity index is 971. The molecule has 0 aliphatic heterocycles. The molecule has 0 bridgehead atoms. The SMILES string of the molecule is Cc1ccc(Cn2nc(C(F)=Cc3ccc(OC(F)(F)F)cc3)cc2C)cc1. The number of alkyl halides is 3. The summed E-state index contributed by atoms with van der Waals surface area (Å²) in [5, 5.41) is 4.29. The van der Waals surface area contributed by atoms with Gasteiger partial charge in [-0.05, 0) is 49.2 Å². The Hall–Kier alpha value is -3.09. The normalized spacial score (nSPS) is 12.3. The van der Waals surface area contributed by atoms with Crippen LogP contribution in [0.4, 0.5) is 17.6 Å². The molecule has 0 spiro atoms. The van der Waals surface area contributed by atoms with Gasteiger partial charge in [0, 0.05) is 5.69 Å². The summed E-state index contributed by atoms with van der Waals surface area (Å²) < 4.78 is 56.6. The Kier molecular flexibility index (Phi) is 5.53. The Morgan fingerprint density at radius 2 is 1.68 bits per heavy atom. The zero-order valence-electron chi connectivity index (χ0n) is 15.3. The van der Waals surface area contributed by atoms with Crippen LogP contribution in [0.5, 0.6) is 5.75 Å². The molecule has 0 saturated heterocycles. The molecule has 3 nitrogen and oxygen atoms in total. The summed E-state index contributed by atoms with van der Waals surface area (Å²) in [7, 11) is 0. The highest BCUT2D eigenvalue weighted by Gasteiger charge is 2.30. The first kappa shape index (κ1) is 19.7. The second-order valence-corrected chi connectivity index (χ2v) is 6.42. The van der Waals surface area contributed by atoms with Crippen molar-refractivity contribution < 1.29 is 22.3 Å². The van der Waals surface area contributed by atoms with E-state index in [1.165, 1.54) is 18.2 Å². The lowest BCUT2D eigenvalue weighted by molar-refractivity contribution is -0.274. The van der Waals surface area contributed by atoms with Gasteiger partial charge in [-0.2, -0.15) is 5.10 Å². The van der Waals surface area contributed by atoms with Crippen LogP contribution in [0.2, 0.25) is 0 Å². The summed E-state index contributed by atoms with van der Waals surface area (Å²) in [6, 6.07) is 14.6. The van der Waals surface area contributed by atoms with Gasteiger partial charge in [-0.1, -0.05) is 42.0 Å². The fourth-order valence-electron chi connectivity index (χ4n) is 2.64. The van der Waals surface area contributed by atoms with E-state index in [-0.39, 0.29) is 11.4 Å². The maximum absolute atomic E-state index is 14.6. The maximum atomic E-state index is 14.6. The third kappa shape index (κ3) is 5.22. The fourth-order valence-corrected chi connectivity index (χ4v) is 2.64. The minimum Gasteiger partial charge on any atom is -0.406 e. The lowest BCUT2D eigenvalue weighted by atomic mass is 10.1. The highest BCUT2D eigenvalue weighted by molar-refractivity contribution is 5.75. The molecular weight excluding hydrogens is 372 g/mol. The van der Waals surface area contributed by atoms with E-state index in [4.69, 9.17) is 0 Å². The largest absolute Gasteiger partial charge is 0.573 e. The average Bonchev–Trinajstić information content (AvgIpc) is 2.98. The first-order valence-corrected chi connectivity index (χ1v) is 8.53. The van der Waals surface area contributed by atoms with Crippen LogP contribution in [-0.4, -0.2) is 16.1 Å². The van der Waals surface area contributed by atoms with E-state index >= 15 is 0 Å². The third-order valence-electron chi connectivity index (χ3n) is 4.09. The van der Waals surface area contributed by atoms with Crippen molar-refractivity contribution in [3.63, 3.8) is 0 Å². The first-order chi connectivity index (χ1) is 13.2. The second kappa shape index (κ2) is 7.88. The molecule has 0 fully saturated rings. The topological polar surface area (TPSA) is 27.1 Å². The Morgan fingerprint density at radius 1 is 1.04 bits per heavy atom. The van der Waals surface area contributed by atoms with Gasteiger partial charge in [-0.3, -0.25) is 4.68 Å². The number of benzene rings is 2. The van der Waals surface area contributed by atoms with Gasteiger partial charge in [0.1, 0.15) is 11.4 Å². The zero-order valence-corrected chi connectivity index (χ0v) is 15.3. The molecule has 0 radical (unpaired) electrons. The maximum Gasteiger partial charge on any atom is 0.573 e. The van der Waals surface area contributed by atoms with Gasteiger partial charge in [0.05, 0.1) is 6.54 Å². The fraction of sp³-hybridized carbons (Fsp3) is 0.190. The third-order valence-corrected chi connectivity index (χ3v) is 4.09. The molecule has 0 aliphatic rings. The van der Waals surface area contributed by atoms with Gasteiger partial charge in [0.2, 0.25) is 0 Å². The van der Waals surface area contributed by atoms with Crippen LogP contribution in [0, 0.1) is 13.8 Å². The molecule has 0 unspecified atom stereocenters. The van der Waals surface area contributed by atoms with Gasteiger partial charge >= 0.3 is 6.36 Å². The van der Waals surface area contributed by atoms with Gasteiger partial charge in [0.25, 0.3) is 0 Å². The van der Waals surface area contributed by atoms with E-state index in [0.29, 0.717) is 12.1 Å². The number of halogens is 4. The standard InChI is InChI=1S/C21H18F4N2O/c1-14-3-5-17(6-4-14)13-27-15(2)11-20(26-27)19(22)12-16-7-9-18(10-8-16)28-21(23,24)25/h3-12H,13H2,1-2H3. The zero-order chi connectivity index (χ0) is 20.3. The minimum absolute atomic E-state index is 0.167. The Labute approximate surface area is 159 Å². The molecule has 0 saturated carbocycles. The monoisotopic (exact) mass is 390 g/mol. The molecule has 2 aromatic carbocycles. The van der Waals surface area contributed by atoms with Crippen LogP contribution in [0.1, 0.15) is 28.1 Å². The van der Waals surface area contributed by atoms with E-state index in [1.54, 1.807) is 10.7 Å². The molecule has 3 aromatic rings. The summed E-state index contributed by atoms with van der Waals surface area (Å²) >= 11 is 0. The highest BCUT2D eigenvalue weighted by Crippen LogP contribution is 2.25. The molecule has 0 amide bonds. The molecular formula is C21H18F4N2O. The molecule has 7 heteroatoms. The highest BCUT2D eigenvalue weighted by atomic mass is 19.4. The van der Waals surface area contributed by atoms with Crippen LogP contribution < -0.4 is 4.74 Å². The van der Waals surface area contributed by atoms with E-state index in [1.807, 2.05) is 38.1 Å². The molecule has 0 N–H and O–H groups in total. The molecule has 146 valence electrons. The summed E-state index contributed by atoms with van der Waals surface area (Å²) in [4.78, 5) is 0. The predicted octanol–water partition coefficient (Wildman–Crippen LogP) is 5.91. The molecule has 1 aromatic heterocycles. The summed E-state index contributed by atoms with van der Waals surface area (Å²) in [5.74, 6) is -0.932. The smallest absolute Gasteiger partial charge is 0.406 e. The van der Waals surface area contributed by atoms with Gasteiger partial charge in [-0.25, -0.2) is 4.39 Å². The van der Waals surface area contributed by atoms with Crippen molar-refractivity contribution in [2.24, 2.45) is 0 Å². The van der Waals surface area contributed by atoms with Crippen molar-refractivity contribution in [3.8, 4) is 5.75 Å². The second-order valence-electron chi connectivity index (χ2n) is 6.42. The minimum atomic E-state index is -4.76. The average molecular weight is 390 g/mol. The molecule has 0 atom stereocenters. The van der Waals surface area contributed by atoms with Crippen molar-refractivity contribution in [3.05, 3.63) is 82.7 Å². The van der Waals surface area contributed by atoms with Crippen molar-refractivity contribution in [2.45, 2.75) is 26.8 Å². The van der Waals surface area contributed by atoms with Crippen molar-refractivity contribution in [1.29, 1.82) is 0 Å². The number of ether oxygens (including phenoxy) is 1. The van der Waals surface area contributed by atoms with E-state index in [2.05, 4.69) is 9.84 Å². The molecule has 1 heterocycles. The van der Waals surface area contributed by atoms with Crippen molar-refractivity contribution in [1.82, 2.24) is 9.78 Å². The number of aryl methyl sites for hydroxylation is 2. The van der Waals surface area contributed by atoms with Gasteiger partial charge in [0.15, 0.2) is 5.83 Å². The van der Waals surface area contributed by atoms with E-state index in [9.17, 15) is 17.6 Å². The van der Waals surface area contributed by atoms with Crippen LogP contribution in [-0.2, 0) is 6.54 Å². The summed E-state index contributed by atoms with van der Waals surface area (Å²) in [6.07, 6.45) is -3.54. The van der Waals surface area contributed by atoms with E-state index in [0.717, 1.165) is 29.0 Å². The van der Waals surface area contributed by atoms with Gasteiger partial charge < -0.3 is 4.74 Å². The number of aromatic nitrogens is 2. The van der Waals surface area contributed by atoms with Crippen LogP contribution in [0.15, 0.2) is 54.6 Å². The number of nitrogens with zero attached hydrogens (tertiary/aromatic N) is 2. The predicted molar refractivity (Wildman–Crippen MR) is 99.3 cm³/mol. The van der Waals surface area contributed by atoms with Crippen molar-refractivity contribution >= 4 is 11.9 Å². The van der Waals surface area contributed by atoms with Gasteiger partial charge in [-0.15, -0.1) is 13.2 Å². The van der Waals surface area contributed by atoms with Crippen molar-refractivity contribution in [2.75, 3.05) is 0 Å². The Morgan fingerprint density at radius 3 is 2.29 bits per heavy atom. The van der Waals surface area contributed by atoms with Crippen LogP contribution >= 0.6 is 0 Å². The first-order valence-electron chi connectivity index (χ1n) is 8.53. The summed E-state index contributed by atoms with van der Waals surface area (Å²) in [6.45, 7) is 4.35. The summed E-state index contributed by atoms with van der Waals surface area (Å²) in [5.41, 5.74) is 3.57. The lowest BCUT2D eigenvalue weighted by Gasteiger charge is -2.08. The van der Waals surface area contributed by atoms with E-state index < -0.39 is 12.2 Å². The Balaban J connectivity index is 1.75. The number of rotatable bonds is 5. The molecule has 3 rings (SSSR count). The lowest BCUT2D eigenvalue weighted by Crippen LogP contribution is -2.16. The number of hydrogen-bond acceptors (Lipinski definition) is 2.